The molecule has 20 nitrogen and oxygen atoms in total. The van der Waals surface area contributed by atoms with Gasteiger partial charge in [-0.3, -0.25) is 18.2 Å². The maximum absolute atomic E-state index is 15.9. The molecule has 4 unspecified atom stereocenters. The van der Waals surface area contributed by atoms with E-state index in [4.69, 9.17) is 50.8 Å². The maximum atomic E-state index is 15.9. The van der Waals surface area contributed by atoms with Crippen LogP contribution in [0.2, 0.25) is 0 Å². The van der Waals surface area contributed by atoms with Gasteiger partial charge < -0.3 is 44.9 Å². The van der Waals surface area contributed by atoms with Crippen molar-refractivity contribution in [3.63, 3.8) is 0 Å². The molecule has 24 heteroatoms. The molecule has 10 atom stereocenters. The fraction of sp³-hybridized carbons (Fsp3) is 0.500. The van der Waals surface area contributed by atoms with E-state index < -0.39 is 76.9 Å². The van der Waals surface area contributed by atoms with Crippen LogP contribution in [0.5, 0.6) is 0 Å². The second-order valence-corrected chi connectivity index (χ2v) is 14.0. The number of ether oxygens (including phenoxy) is 2. The van der Waals surface area contributed by atoms with E-state index in [1.165, 1.54) is 28.1 Å². The summed E-state index contributed by atoms with van der Waals surface area (Å²) >= 11 is 5.10. The van der Waals surface area contributed by atoms with Gasteiger partial charge >= 0.3 is 7.82 Å². The Hall–Kier alpha value is -2.85. The second kappa shape index (κ2) is 10.9. The fourth-order valence-corrected chi connectivity index (χ4v) is 7.53. The Morgan fingerprint density at radius 1 is 0.886 bits per heavy atom. The molecule has 0 saturated carbocycles. The largest absolute Gasteiger partial charge is 0.780 e. The molecule has 44 heavy (non-hydrogen) atoms. The summed E-state index contributed by atoms with van der Waals surface area (Å²) in [5.41, 5.74) is 12.3. The number of nitrogens with zero attached hydrogens (tertiary/aromatic N) is 8. The monoisotopic (exact) mass is 675 g/mol. The van der Waals surface area contributed by atoms with Gasteiger partial charge in [-0.1, -0.05) is 11.8 Å². The van der Waals surface area contributed by atoms with E-state index >= 15 is 4.39 Å². The lowest BCUT2D eigenvalue weighted by Crippen LogP contribution is -2.36. The lowest BCUT2D eigenvalue weighted by molar-refractivity contribution is -0.218. The van der Waals surface area contributed by atoms with Crippen LogP contribution in [0.1, 0.15) is 12.5 Å². The summed E-state index contributed by atoms with van der Waals surface area (Å²) in [5.74, 6) is 0.0799. The number of hydrogen-bond donors (Lipinski definition) is 4. The predicted octanol–water partition coefficient (Wildman–Crippen LogP) is -1.17. The van der Waals surface area contributed by atoms with Crippen LogP contribution >= 0.6 is 14.5 Å². The number of fused-ring (bicyclic) bond motifs is 5. The van der Waals surface area contributed by atoms with Gasteiger partial charge in [-0.15, -0.1) is 0 Å². The van der Waals surface area contributed by atoms with E-state index in [1.54, 1.807) is 0 Å². The van der Waals surface area contributed by atoms with Gasteiger partial charge in [-0.25, -0.2) is 38.9 Å². The Morgan fingerprint density at radius 2 is 1.45 bits per heavy atom. The van der Waals surface area contributed by atoms with Crippen LogP contribution in [0.25, 0.3) is 22.3 Å². The minimum Gasteiger partial charge on any atom is -0.780 e. The number of nitrogens with two attached hydrogens (primary N) is 2. The SMILES string of the molecule is Nc1ncnc2c1ncn2[C@@H]1O[C@@H]2COP(=O)(O)O[C@@H]3C(F)[C@H](n4cnc5c(N)ncnc54)O[C@@H]3COP([O-])(=S)OC1[C@H]2O. The Labute approximate surface area is 249 Å². The van der Waals surface area contributed by atoms with E-state index in [9.17, 15) is 19.5 Å². The molecule has 0 radical (unpaired) electrons. The summed E-state index contributed by atoms with van der Waals surface area (Å²) < 4.78 is 64.4. The van der Waals surface area contributed by atoms with Crippen LogP contribution in [0.15, 0.2) is 25.3 Å². The average Bonchev–Trinajstić information content (AvgIpc) is 3.73. The number of imidazole rings is 2. The molecular formula is C20H22FN10O10P2S-. The van der Waals surface area contributed by atoms with Crippen molar-refractivity contribution >= 4 is 60.3 Å². The normalized spacial score (nSPS) is 38.3. The molecule has 0 aliphatic carbocycles. The van der Waals surface area contributed by atoms with Gasteiger partial charge in [0.1, 0.15) is 60.9 Å². The molecule has 4 aromatic rings. The number of nitrogen functional groups attached to an aromatic ring is 2. The van der Waals surface area contributed by atoms with Crippen molar-refractivity contribution in [2.75, 3.05) is 24.7 Å². The third-order valence-corrected chi connectivity index (χ3v) is 9.73. The highest BCUT2D eigenvalue weighted by molar-refractivity contribution is 8.06. The van der Waals surface area contributed by atoms with Gasteiger partial charge in [0.05, 0.1) is 25.9 Å². The Morgan fingerprint density at radius 3 is 2.09 bits per heavy atom. The van der Waals surface area contributed by atoms with Crippen molar-refractivity contribution in [1.82, 2.24) is 39.0 Å². The number of halogens is 1. The first-order valence-corrected chi connectivity index (χ1v) is 16.8. The number of rotatable bonds is 2. The third-order valence-electron chi connectivity index (χ3n) is 7.21. The van der Waals surface area contributed by atoms with Crippen molar-refractivity contribution in [1.29, 1.82) is 0 Å². The topological polar surface area (TPSA) is 275 Å². The van der Waals surface area contributed by atoms with Gasteiger partial charge in [0.25, 0.3) is 0 Å². The number of alkyl halides is 1. The molecule has 7 heterocycles. The van der Waals surface area contributed by atoms with Crippen LogP contribution in [0.4, 0.5) is 16.0 Å². The summed E-state index contributed by atoms with van der Waals surface area (Å²) in [4.78, 5) is 48.1. The molecule has 4 aromatic heterocycles. The number of hydrogen-bond acceptors (Lipinski definition) is 18. The highest BCUT2D eigenvalue weighted by Crippen LogP contribution is 2.53. The van der Waals surface area contributed by atoms with Crippen LogP contribution in [0.3, 0.4) is 0 Å². The molecule has 7 rings (SSSR count). The van der Waals surface area contributed by atoms with E-state index in [0.29, 0.717) is 0 Å². The lowest BCUT2D eigenvalue weighted by Gasteiger charge is -2.34. The molecule has 3 fully saturated rings. The predicted molar refractivity (Wildman–Crippen MR) is 144 cm³/mol. The van der Waals surface area contributed by atoms with E-state index in [0.717, 1.165) is 6.33 Å². The highest BCUT2D eigenvalue weighted by Gasteiger charge is 2.53. The fourth-order valence-electron chi connectivity index (χ4n) is 5.18. The van der Waals surface area contributed by atoms with Crippen LogP contribution in [-0.2, 0) is 43.9 Å². The Balaban J connectivity index is 1.20. The van der Waals surface area contributed by atoms with Crippen molar-refractivity contribution in [2.24, 2.45) is 0 Å². The number of phosphoric acid groups is 1. The summed E-state index contributed by atoms with van der Waals surface area (Å²) in [6, 6.07) is 0. The smallest absolute Gasteiger partial charge is 0.472 e. The van der Waals surface area contributed by atoms with E-state index in [2.05, 4.69) is 29.9 Å². The first-order chi connectivity index (χ1) is 20.9. The summed E-state index contributed by atoms with van der Waals surface area (Å²) in [6.45, 7) is -5.99. The lowest BCUT2D eigenvalue weighted by atomic mass is 10.1. The van der Waals surface area contributed by atoms with Crippen molar-refractivity contribution in [3.05, 3.63) is 25.3 Å². The number of aromatic nitrogens is 8. The zero-order valence-corrected chi connectivity index (χ0v) is 24.5. The molecular weight excluding hydrogens is 653 g/mol. The number of aliphatic hydroxyl groups is 1. The molecule has 2 bridgehead atoms. The van der Waals surface area contributed by atoms with E-state index in [-0.39, 0.29) is 34.0 Å². The average molecular weight is 675 g/mol. The molecule has 236 valence electrons. The molecule has 3 aliphatic heterocycles. The zero-order valence-electron chi connectivity index (χ0n) is 21.9. The van der Waals surface area contributed by atoms with Crippen molar-refractivity contribution in [2.45, 2.75) is 49.1 Å². The van der Waals surface area contributed by atoms with Gasteiger partial charge in [-0.05, 0) is 0 Å². The Bertz CT molecular complexity index is 1830. The summed E-state index contributed by atoms with van der Waals surface area (Å²) in [7, 11) is -5.06. The number of phosphoric ester groups is 1. The Kier molecular flexibility index (Phi) is 7.39. The summed E-state index contributed by atoms with van der Waals surface area (Å²) in [6.07, 6.45) is -7.95. The van der Waals surface area contributed by atoms with Gasteiger partial charge in [0.15, 0.2) is 41.6 Å². The molecule has 6 N–H and O–H groups in total. The first-order valence-electron chi connectivity index (χ1n) is 12.7. The van der Waals surface area contributed by atoms with Crippen LogP contribution in [0, 0.1) is 0 Å². The van der Waals surface area contributed by atoms with Crippen molar-refractivity contribution < 1.29 is 51.4 Å². The molecule has 0 aromatic carbocycles. The number of aliphatic hydroxyl groups excluding tert-OH is 1. The maximum Gasteiger partial charge on any atom is 0.472 e. The molecule has 3 saturated heterocycles. The van der Waals surface area contributed by atoms with Crippen LogP contribution < -0.4 is 16.4 Å². The first kappa shape index (κ1) is 29.8. The van der Waals surface area contributed by atoms with Crippen LogP contribution in [-0.4, -0.2) is 98.9 Å². The molecule has 3 aliphatic rings. The van der Waals surface area contributed by atoms with Gasteiger partial charge in [0.2, 0.25) is 0 Å². The minimum absolute atomic E-state index is 0.0266. The highest BCUT2D eigenvalue weighted by atomic mass is 32.5. The van der Waals surface area contributed by atoms with Gasteiger partial charge in [0, 0.05) is 0 Å². The standard InChI is InChI=1S/C20H23FN10O10P2S/c21-9-13-8(39-19(9)30-5-28-10-15(22)24-3-26-17(10)30)2-37-43(35,44)41-14-12(32)7(1-36-42(33,34)40-13)38-20(14)31-6-29-11-16(23)25-4-27-18(11)31/h3-9,12-14,19-20,32H,1-2H2,(H,33,34)(H,35,44)(H2,22,24,26)(H2,23,25,27)/p-1/t7-,8-,9?,12+,13+,14?,19-,20-,43?/m1/s1. The quantitative estimate of drug-likeness (QED) is 0.182. The minimum atomic E-state index is -5.06. The summed E-state index contributed by atoms with van der Waals surface area (Å²) in [5, 5.41) is 11.0. The van der Waals surface area contributed by atoms with Crippen molar-refractivity contribution in [3.8, 4) is 0 Å². The van der Waals surface area contributed by atoms with Gasteiger partial charge in [-0.2, -0.15) is 0 Å². The zero-order chi connectivity index (χ0) is 31.0. The second-order valence-electron chi connectivity index (χ2n) is 9.88. The third kappa shape index (κ3) is 5.15. The molecule has 0 amide bonds. The van der Waals surface area contributed by atoms with E-state index in [1.807, 2.05) is 0 Å². The number of anilines is 2. The molecule has 0 spiro atoms.